The summed E-state index contributed by atoms with van der Waals surface area (Å²) in [5.41, 5.74) is 1.06. The van der Waals surface area contributed by atoms with Crippen molar-refractivity contribution in [2.24, 2.45) is 5.92 Å². The van der Waals surface area contributed by atoms with E-state index in [4.69, 9.17) is 4.98 Å². The first kappa shape index (κ1) is 20.7. The molecule has 1 aromatic carbocycles. The number of nitrogens with one attached hydrogen (secondary N) is 1. The molecular formula is C22H23F3N6O. The third-order valence-corrected chi connectivity index (χ3v) is 6.09. The molecule has 2 aromatic heterocycles. The minimum atomic E-state index is -4.39. The smallest absolute Gasteiger partial charge is 0.364 e. The van der Waals surface area contributed by atoms with Crippen molar-refractivity contribution >= 4 is 22.9 Å². The predicted molar refractivity (Wildman–Crippen MR) is 113 cm³/mol. The number of rotatable bonds is 5. The number of carbonyl (C=O) groups is 1. The highest BCUT2D eigenvalue weighted by Gasteiger charge is 2.37. The molecule has 1 unspecified atom stereocenters. The van der Waals surface area contributed by atoms with Crippen LogP contribution in [-0.2, 0) is 17.5 Å². The molecule has 0 spiro atoms. The molecular weight excluding hydrogens is 421 g/mol. The summed E-state index contributed by atoms with van der Waals surface area (Å²) >= 11 is 0. The van der Waals surface area contributed by atoms with Crippen LogP contribution < -0.4 is 5.32 Å². The highest BCUT2D eigenvalue weighted by Crippen LogP contribution is 2.34. The van der Waals surface area contributed by atoms with Crippen LogP contribution in [-0.4, -0.2) is 49.5 Å². The van der Waals surface area contributed by atoms with Crippen LogP contribution in [0.5, 0.6) is 0 Å². The fraction of sp³-hybridized carbons (Fsp3) is 0.455. The largest absolute Gasteiger partial charge is 0.416 e. The fourth-order valence-electron chi connectivity index (χ4n) is 4.23. The van der Waals surface area contributed by atoms with Crippen molar-refractivity contribution in [3.63, 3.8) is 0 Å². The van der Waals surface area contributed by atoms with E-state index in [9.17, 15) is 18.0 Å². The average molecular weight is 444 g/mol. The summed E-state index contributed by atoms with van der Waals surface area (Å²) in [4.78, 5) is 27.7. The van der Waals surface area contributed by atoms with E-state index in [1.165, 1.54) is 18.5 Å². The highest BCUT2D eigenvalue weighted by molar-refractivity contribution is 5.86. The summed E-state index contributed by atoms with van der Waals surface area (Å²) in [5.74, 6) is 1.55. The number of halogens is 3. The van der Waals surface area contributed by atoms with Crippen LogP contribution in [0.3, 0.4) is 0 Å². The van der Waals surface area contributed by atoms with E-state index in [2.05, 4.69) is 15.3 Å². The number of hydrogen-bond donors (Lipinski definition) is 1. The van der Waals surface area contributed by atoms with Crippen LogP contribution in [0.25, 0.3) is 22.6 Å². The normalized spacial score (nSPS) is 19.0. The van der Waals surface area contributed by atoms with Gasteiger partial charge in [-0.15, -0.1) is 0 Å². The summed E-state index contributed by atoms with van der Waals surface area (Å²) in [6, 6.07) is 5.04. The van der Waals surface area contributed by atoms with Crippen molar-refractivity contribution in [3.05, 3.63) is 36.2 Å². The van der Waals surface area contributed by atoms with Gasteiger partial charge in [-0.05, 0) is 38.3 Å². The van der Waals surface area contributed by atoms with E-state index >= 15 is 0 Å². The number of hydrogen-bond acceptors (Lipinski definition) is 5. The Balaban J connectivity index is 1.43. The van der Waals surface area contributed by atoms with Gasteiger partial charge in [-0.3, -0.25) is 4.79 Å². The van der Waals surface area contributed by atoms with Gasteiger partial charge in [0.2, 0.25) is 5.91 Å². The summed E-state index contributed by atoms with van der Waals surface area (Å²) < 4.78 is 40.7. The average Bonchev–Trinajstić information content (AvgIpc) is 3.40. The van der Waals surface area contributed by atoms with Gasteiger partial charge in [0.1, 0.15) is 12.2 Å². The Labute approximate surface area is 182 Å². The predicted octanol–water partition coefficient (Wildman–Crippen LogP) is 3.95. The topological polar surface area (TPSA) is 75.9 Å². The second kappa shape index (κ2) is 7.75. The molecule has 1 N–H and O–H groups in total. The number of amides is 1. The molecule has 1 aliphatic carbocycles. The Morgan fingerprint density at radius 3 is 2.56 bits per heavy atom. The zero-order chi connectivity index (χ0) is 22.5. The summed E-state index contributed by atoms with van der Waals surface area (Å²) in [6.07, 6.45) is -0.133. The fourth-order valence-corrected chi connectivity index (χ4v) is 4.23. The lowest BCUT2D eigenvalue weighted by atomic mass is 10.1. The summed E-state index contributed by atoms with van der Waals surface area (Å²) in [5, 5.41) is 3.40. The minimum Gasteiger partial charge on any atom is -0.364 e. The van der Waals surface area contributed by atoms with Gasteiger partial charge in [0, 0.05) is 37.2 Å². The van der Waals surface area contributed by atoms with Gasteiger partial charge >= 0.3 is 6.18 Å². The molecule has 2 fully saturated rings. The van der Waals surface area contributed by atoms with Crippen LogP contribution in [0.15, 0.2) is 30.6 Å². The van der Waals surface area contributed by atoms with Crippen LogP contribution in [0.2, 0.25) is 0 Å². The number of imidazole rings is 1. The number of carbonyl (C=O) groups excluding carboxylic acids is 1. The van der Waals surface area contributed by atoms with Gasteiger partial charge < -0.3 is 14.8 Å². The molecule has 1 amide bonds. The maximum absolute atomic E-state index is 12.9. The maximum atomic E-state index is 12.9. The monoisotopic (exact) mass is 444 g/mol. The van der Waals surface area contributed by atoms with E-state index < -0.39 is 11.7 Å². The van der Waals surface area contributed by atoms with Crippen LogP contribution in [0.4, 0.5) is 19.0 Å². The van der Waals surface area contributed by atoms with E-state index in [1.54, 1.807) is 0 Å². The van der Waals surface area contributed by atoms with Crippen LogP contribution >= 0.6 is 0 Å². The molecule has 3 heterocycles. The van der Waals surface area contributed by atoms with Crippen molar-refractivity contribution in [3.8, 4) is 11.4 Å². The molecule has 2 aliphatic rings. The number of likely N-dealkylation sites (tertiary alicyclic amines) is 1. The van der Waals surface area contributed by atoms with Gasteiger partial charge in [-0.25, -0.2) is 15.0 Å². The van der Waals surface area contributed by atoms with E-state index in [0.717, 1.165) is 37.9 Å². The molecule has 5 rings (SSSR count). The molecule has 1 aliphatic heterocycles. The third-order valence-electron chi connectivity index (χ3n) is 6.09. The number of aromatic nitrogens is 4. The zero-order valence-corrected chi connectivity index (χ0v) is 17.6. The van der Waals surface area contributed by atoms with Crippen molar-refractivity contribution in [2.45, 2.75) is 44.9 Å². The number of fused-ring (bicyclic) bond motifs is 1. The first-order chi connectivity index (χ1) is 15.3. The standard InChI is InChI=1S/C22H23F3N6O/c1-2-31-19(13-5-7-15(8-6-13)22(23,24)25)29-17-18(26-12-27-20(17)31)28-16-9-10-30(11-16)21(32)14-3-4-14/h5-8,12,14,16H,2-4,9-11H2,1H3,(H,26,27,28). The molecule has 1 atom stereocenters. The summed E-state index contributed by atoms with van der Waals surface area (Å²) in [6.45, 7) is 3.83. The number of benzene rings is 1. The van der Waals surface area contributed by atoms with Gasteiger partial charge in [-0.1, -0.05) is 12.1 Å². The number of nitrogens with zero attached hydrogens (tertiary/aromatic N) is 5. The SMILES string of the molecule is CCn1c(-c2ccc(C(F)(F)F)cc2)nc2c(NC3CCN(C(=O)C4CC4)C3)ncnc21. The van der Waals surface area contributed by atoms with Gasteiger partial charge in [0.05, 0.1) is 5.56 Å². The Kier molecular flexibility index (Phi) is 5.02. The van der Waals surface area contributed by atoms with Gasteiger partial charge in [0.15, 0.2) is 17.0 Å². The Bertz CT molecular complexity index is 1150. The molecule has 1 saturated carbocycles. The molecule has 32 heavy (non-hydrogen) atoms. The van der Waals surface area contributed by atoms with Crippen molar-refractivity contribution < 1.29 is 18.0 Å². The van der Waals surface area contributed by atoms with E-state index in [0.29, 0.717) is 41.5 Å². The molecule has 0 radical (unpaired) electrons. The lowest BCUT2D eigenvalue weighted by Gasteiger charge is -2.17. The third kappa shape index (κ3) is 3.78. The van der Waals surface area contributed by atoms with Gasteiger partial charge in [0.25, 0.3) is 0 Å². The maximum Gasteiger partial charge on any atom is 0.416 e. The number of aryl methyl sites for hydroxylation is 1. The molecule has 10 heteroatoms. The second-order valence-corrected chi connectivity index (χ2v) is 8.34. The van der Waals surface area contributed by atoms with Crippen LogP contribution in [0, 0.1) is 5.92 Å². The Hall–Kier alpha value is -3.17. The first-order valence-corrected chi connectivity index (χ1v) is 10.8. The molecule has 3 aromatic rings. The van der Waals surface area contributed by atoms with E-state index in [1.807, 2.05) is 16.4 Å². The quantitative estimate of drug-likeness (QED) is 0.645. The lowest BCUT2D eigenvalue weighted by molar-refractivity contribution is -0.137. The van der Waals surface area contributed by atoms with Crippen molar-refractivity contribution in [2.75, 3.05) is 18.4 Å². The molecule has 168 valence electrons. The molecule has 0 bridgehead atoms. The van der Waals surface area contributed by atoms with Crippen molar-refractivity contribution in [1.29, 1.82) is 0 Å². The molecule has 7 nitrogen and oxygen atoms in total. The summed E-state index contributed by atoms with van der Waals surface area (Å²) in [7, 11) is 0. The number of anilines is 1. The Morgan fingerprint density at radius 1 is 1.16 bits per heavy atom. The minimum absolute atomic E-state index is 0.0668. The number of alkyl halides is 3. The lowest BCUT2D eigenvalue weighted by Crippen LogP contribution is -2.32. The molecule has 1 saturated heterocycles. The van der Waals surface area contributed by atoms with E-state index in [-0.39, 0.29) is 17.9 Å². The van der Waals surface area contributed by atoms with Crippen LogP contribution in [0.1, 0.15) is 31.7 Å². The van der Waals surface area contributed by atoms with Gasteiger partial charge in [-0.2, -0.15) is 13.2 Å². The Morgan fingerprint density at radius 2 is 1.91 bits per heavy atom. The zero-order valence-electron chi connectivity index (χ0n) is 17.6. The highest BCUT2D eigenvalue weighted by atomic mass is 19.4. The van der Waals surface area contributed by atoms with Crippen molar-refractivity contribution in [1.82, 2.24) is 24.4 Å². The second-order valence-electron chi connectivity index (χ2n) is 8.34. The first-order valence-electron chi connectivity index (χ1n) is 10.8.